The molecule has 0 aliphatic carbocycles. The van der Waals surface area contributed by atoms with Crippen LogP contribution in [0.25, 0.3) is 6.08 Å². The molecule has 0 aromatic heterocycles. The Labute approximate surface area is 196 Å². The number of ether oxygens (including phenoxy) is 3. The van der Waals surface area contributed by atoms with E-state index < -0.39 is 17.8 Å². The molecule has 1 aliphatic heterocycles. The molecule has 3 aromatic rings. The molecule has 8 heteroatoms. The van der Waals surface area contributed by atoms with Gasteiger partial charge in [-0.2, -0.15) is 0 Å². The lowest BCUT2D eigenvalue weighted by molar-refractivity contribution is -0.121. The monoisotopic (exact) mass is 458 g/mol. The molecule has 1 aliphatic rings. The highest BCUT2D eigenvalue weighted by molar-refractivity contribution is 6.46. The average Bonchev–Trinajstić information content (AvgIpc) is 2.87. The van der Waals surface area contributed by atoms with Crippen LogP contribution in [0, 0.1) is 0 Å². The van der Waals surface area contributed by atoms with E-state index in [4.69, 9.17) is 14.2 Å². The molecule has 0 saturated carbocycles. The Morgan fingerprint density at radius 2 is 1.09 bits per heavy atom. The largest absolute Gasteiger partial charge is 0.493 e. The van der Waals surface area contributed by atoms with Crippen LogP contribution in [0.15, 0.2) is 78.4 Å². The number of rotatable bonds is 6. The molecule has 172 valence electrons. The van der Waals surface area contributed by atoms with E-state index >= 15 is 0 Å². The first-order valence-electron chi connectivity index (χ1n) is 10.3. The lowest BCUT2D eigenvalue weighted by Crippen LogP contribution is -2.57. The van der Waals surface area contributed by atoms with Gasteiger partial charge in [0, 0.05) is 0 Å². The number of anilines is 2. The number of benzene rings is 3. The zero-order valence-corrected chi connectivity index (χ0v) is 18.8. The van der Waals surface area contributed by atoms with Crippen molar-refractivity contribution >= 4 is 35.3 Å². The van der Waals surface area contributed by atoms with Crippen LogP contribution in [0.4, 0.5) is 16.2 Å². The van der Waals surface area contributed by atoms with Crippen LogP contribution < -0.4 is 24.0 Å². The fraction of sp³-hybridized carbons (Fsp3) is 0.115. The summed E-state index contributed by atoms with van der Waals surface area (Å²) in [6, 6.07) is 19.4. The number of nitrogens with zero attached hydrogens (tertiary/aromatic N) is 2. The minimum atomic E-state index is -0.755. The van der Waals surface area contributed by atoms with E-state index in [1.54, 1.807) is 72.8 Å². The lowest BCUT2D eigenvalue weighted by Gasteiger charge is -2.34. The van der Waals surface area contributed by atoms with Crippen LogP contribution in [-0.4, -0.2) is 39.2 Å². The molecular weight excluding hydrogens is 436 g/mol. The topological polar surface area (TPSA) is 85.4 Å². The van der Waals surface area contributed by atoms with Crippen molar-refractivity contribution in [2.24, 2.45) is 0 Å². The number of hydrogen-bond donors (Lipinski definition) is 0. The fourth-order valence-electron chi connectivity index (χ4n) is 3.69. The van der Waals surface area contributed by atoms with E-state index in [0.29, 0.717) is 34.2 Å². The van der Waals surface area contributed by atoms with Gasteiger partial charge in [0.15, 0.2) is 11.5 Å². The Morgan fingerprint density at radius 1 is 0.647 bits per heavy atom. The molecule has 0 unspecified atom stereocenters. The van der Waals surface area contributed by atoms with E-state index in [1.165, 1.54) is 27.4 Å². The third-order valence-electron chi connectivity index (χ3n) is 5.28. The molecule has 34 heavy (non-hydrogen) atoms. The quantitative estimate of drug-likeness (QED) is 0.405. The first-order chi connectivity index (χ1) is 16.5. The van der Waals surface area contributed by atoms with Crippen molar-refractivity contribution in [3.8, 4) is 17.2 Å². The van der Waals surface area contributed by atoms with E-state index in [1.807, 2.05) is 0 Å². The Balaban J connectivity index is 1.89. The number of imide groups is 2. The number of barbiturate groups is 1. The van der Waals surface area contributed by atoms with Gasteiger partial charge in [-0.05, 0) is 48.0 Å². The highest BCUT2D eigenvalue weighted by Crippen LogP contribution is 2.39. The number of amides is 4. The van der Waals surface area contributed by atoms with Gasteiger partial charge < -0.3 is 14.2 Å². The number of carbonyl (C=O) groups excluding carboxylic acids is 3. The summed E-state index contributed by atoms with van der Waals surface area (Å²) in [7, 11) is 4.42. The van der Waals surface area contributed by atoms with Crippen molar-refractivity contribution in [3.63, 3.8) is 0 Å². The summed E-state index contributed by atoms with van der Waals surface area (Å²) in [5.74, 6) is -0.370. The van der Waals surface area contributed by atoms with Crippen molar-refractivity contribution < 1.29 is 28.6 Å². The summed E-state index contributed by atoms with van der Waals surface area (Å²) in [6.07, 6.45) is 1.41. The third-order valence-corrected chi connectivity index (χ3v) is 5.28. The Kier molecular flexibility index (Phi) is 6.31. The SMILES string of the molecule is COc1cc(C=C2C(=O)N(c3ccccc3)C(=O)N(c3ccccc3)C2=O)cc(OC)c1OC. The van der Waals surface area contributed by atoms with Crippen LogP contribution in [0.3, 0.4) is 0 Å². The second-order valence-corrected chi connectivity index (χ2v) is 7.25. The zero-order valence-electron chi connectivity index (χ0n) is 18.8. The van der Waals surface area contributed by atoms with Gasteiger partial charge in [-0.25, -0.2) is 14.6 Å². The van der Waals surface area contributed by atoms with Crippen molar-refractivity contribution in [2.45, 2.75) is 0 Å². The number of methoxy groups -OCH3 is 3. The summed E-state index contributed by atoms with van der Waals surface area (Å²) in [5.41, 5.74) is 0.964. The van der Waals surface area contributed by atoms with E-state index in [-0.39, 0.29) is 5.57 Å². The molecule has 1 fully saturated rings. The third kappa shape index (κ3) is 3.97. The van der Waals surface area contributed by atoms with E-state index in [0.717, 1.165) is 9.80 Å². The first kappa shape index (κ1) is 22.6. The Bertz CT molecular complexity index is 1180. The molecule has 3 aromatic carbocycles. The summed E-state index contributed by atoms with van der Waals surface area (Å²) >= 11 is 0. The van der Waals surface area contributed by atoms with Gasteiger partial charge in [0.1, 0.15) is 5.57 Å². The normalized spacial score (nSPS) is 13.7. The predicted molar refractivity (Wildman–Crippen MR) is 127 cm³/mol. The summed E-state index contributed by atoms with van der Waals surface area (Å²) in [6.45, 7) is 0. The summed E-state index contributed by atoms with van der Waals surface area (Å²) < 4.78 is 16.1. The van der Waals surface area contributed by atoms with Crippen molar-refractivity contribution in [2.75, 3.05) is 31.1 Å². The second kappa shape index (κ2) is 9.50. The average molecular weight is 458 g/mol. The number of para-hydroxylation sites is 2. The molecule has 8 nitrogen and oxygen atoms in total. The molecule has 0 spiro atoms. The number of urea groups is 1. The van der Waals surface area contributed by atoms with Gasteiger partial charge in [-0.3, -0.25) is 9.59 Å². The van der Waals surface area contributed by atoms with Gasteiger partial charge in [0.2, 0.25) is 5.75 Å². The van der Waals surface area contributed by atoms with Crippen molar-refractivity contribution in [3.05, 3.63) is 83.9 Å². The molecule has 4 amide bonds. The Hall–Kier alpha value is -4.59. The van der Waals surface area contributed by atoms with Crippen molar-refractivity contribution in [1.29, 1.82) is 0 Å². The van der Waals surface area contributed by atoms with Gasteiger partial charge in [-0.15, -0.1) is 0 Å². The maximum atomic E-state index is 13.5. The molecule has 1 heterocycles. The minimum absolute atomic E-state index is 0.193. The first-order valence-corrected chi connectivity index (χ1v) is 10.3. The van der Waals surface area contributed by atoms with Gasteiger partial charge in [0.25, 0.3) is 11.8 Å². The zero-order chi connectivity index (χ0) is 24.2. The van der Waals surface area contributed by atoms with Crippen LogP contribution in [-0.2, 0) is 9.59 Å². The van der Waals surface area contributed by atoms with Crippen molar-refractivity contribution in [1.82, 2.24) is 0 Å². The molecule has 0 radical (unpaired) electrons. The van der Waals surface area contributed by atoms with Gasteiger partial charge in [-0.1, -0.05) is 36.4 Å². The summed E-state index contributed by atoms with van der Waals surface area (Å²) in [5, 5.41) is 0. The Morgan fingerprint density at radius 3 is 1.47 bits per heavy atom. The van der Waals surface area contributed by atoms with Crippen LogP contribution in [0.5, 0.6) is 17.2 Å². The molecule has 0 N–H and O–H groups in total. The molecule has 4 rings (SSSR count). The highest BCUT2D eigenvalue weighted by Gasteiger charge is 2.43. The minimum Gasteiger partial charge on any atom is -0.493 e. The van der Waals surface area contributed by atoms with E-state index in [9.17, 15) is 14.4 Å². The predicted octanol–water partition coefficient (Wildman–Crippen LogP) is 4.30. The standard InChI is InChI=1S/C26H22N2O6/c1-32-21-15-17(16-22(33-2)23(21)34-3)14-20-24(29)27(18-10-6-4-7-11-18)26(31)28(25(20)30)19-12-8-5-9-13-19/h4-16H,1-3H3. The van der Waals surface area contributed by atoms with Gasteiger partial charge >= 0.3 is 6.03 Å². The number of hydrogen-bond acceptors (Lipinski definition) is 6. The molecule has 1 saturated heterocycles. The smallest absolute Gasteiger partial charge is 0.343 e. The number of carbonyl (C=O) groups is 3. The second-order valence-electron chi connectivity index (χ2n) is 7.25. The molecule has 0 atom stereocenters. The van der Waals surface area contributed by atoms with E-state index in [2.05, 4.69) is 0 Å². The maximum Gasteiger partial charge on any atom is 0.343 e. The lowest BCUT2D eigenvalue weighted by atomic mass is 10.0. The van der Waals surface area contributed by atoms with Crippen LogP contribution in [0.1, 0.15) is 5.56 Å². The molecular formula is C26H22N2O6. The maximum absolute atomic E-state index is 13.5. The highest BCUT2D eigenvalue weighted by atomic mass is 16.5. The van der Waals surface area contributed by atoms with Gasteiger partial charge in [0.05, 0.1) is 32.7 Å². The molecule has 0 bridgehead atoms. The van der Waals surface area contributed by atoms with Crippen LogP contribution in [0.2, 0.25) is 0 Å². The summed E-state index contributed by atoms with van der Waals surface area (Å²) in [4.78, 5) is 42.2. The fourth-order valence-corrected chi connectivity index (χ4v) is 3.69. The van der Waals surface area contributed by atoms with Crippen LogP contribution >= 0.6 is 0 Å².